The molecule has 1 unspecified atom stereocenters. The Morgan fingerprint density at radius 3 is 2.94 bits per heavy atom. The van der Waals surface area contributed by atoms with Crippen LogP contribution in [-0.2, 0) is 19.9 Å². The van der Waals surface area contributed by atoms with Gasteiger partial charge in [-0.15, -0.1) is 0 Å². The Balaban J connectivity index is 1.83. The summed E-state index contributed by atoms with van der Waals surface area (Å²) >= 11 is 0. The summed E-state index contributed by atoms with van der Waals surface area (Å²) in [5.41, 5.74) is 0. The summed E-state index contributed by atoms with van der Waals surface area (Å²) in [4.78, 5) is 4.54. The van der Waals surface area contributed by atoms with Crippen molar-refractivity contribution in [3.8, 4) is 0 Å². The Kier molecular flexibility index (Phi) is 3.93. The Labute approximate surface area is 97.5 Å². The maximum atomic E-state index is 4.54. The minimum Gasteiger partial charge on any atom is -0.314 e. The van der Waals surface area contributed by atoms with Gasteiger partial charge in [0, 0.05) is 25.9 Å². The van der Waals surface area contributed by atoms with Crippen molar-refractivity contribution in [1.29, 1.82) is 0 Å². The van der Waals surface area contributed by atoms with Crippen LogP contribution in [0.1, 0.15) is 44.3 Å². The van der Waals surface area contributed by atoms with Crippen LogP contribution in [0.15, 0.2) is 0 Å². The Morgan fingerprint density at radius 2 is 2.31 bits per heavy atom. The predicted molar refractivity (Wildman–Crippen MR) is 64.3 cm³/mol. The molecule has 1 aromatic heterocycles. The fourth-order valence-corrected chi connectivity index (χ4v) is 2.36. The van der Waals surface area contributed by atoms with Gasteiger partial charge < -0.3 is 5.32 Å². The smallest absolute Gasteiger partial charge is 0.151 e. The molecule has 1 saturated heterocycles. The highest BCUT2D eigenvalue weighted by atomic mass is 15.3. The summed E-state index contributed by atoms with van der Waals surface area (Å²) < 4.78 is 1.91. The highest BCUT2D eigenvalue weighted by Gasteiger charge is 2.13. The average molecular weight is 222 g/mol. The van der Waals surface area contributed by atoms with Crippen LogP contribution in [0, 0.1) is 0 Å². The van der Waals surface area contributed by atoms with Crippen molar-refractivity contribution in [2.45, 2.75) is 51.5 Å². The van der Waals surface area contributed by atoms with E-state index < -0.39 is 0 Å². The molecule has 2 heterocycles. The molecule has 0 spiro atoms. The number of aryl methyl sites for hydroxylation is 3. The van der Waals surface area contributed by atoms with Gasteiger partial charge in [-0.25, -0.2) is 4.98 Å². The second kappa shape index (κ2) is 5.43. The first-order valence-corrected chi connectivity index (χ1v) is 6.41. The van der Waals surface area contributed by atoms with Crippen molar-refractivity contribution in [3.05, 3.63) is 11.6 Å². The van der Waals surface area contributed by atoms with Crippen molar-refractivity contribution in [2.24, 2.45) is 7.05 Å². The zero-order valence-corrected chi connectivity index (χ0v) is 10.4. The van der Waals surface area contributed by atoms with E-state index in [1.165, 1.54) is 32.2 Å². The lowest BCUT2D eigenvalue weighted by atomic mass is 10.0. The molecular weight excluding hydrogens is 200 g/mol. The van der Waals surface area contributed by atoms with E-state index in [0.717, 1.165) is 24.5 Å². The predicted octanol–water partition coefficient (Wildman–Crippen LogP) is 1.45. The Bertz CT molecular complexity index is 326. The van der Waals surface area contributed by atoms with E-state index >= 15 is 0 Å². The van der Waals surface area contributed by atoms with Gasteiger partial charge in [-0.2, -0.15) is 5.10 Å². The minimum absolute atomic E-state index is 0.683. The summed E-state index contributed by atoms with van der Waals surface area (Å²) in [5, 5.41) is 8.01. The number of hydrogen-bond acceptors (Lipinski definition) is 3. The second-order valence-corrected chi connectivity index (χ2v) is 4.61. The normalized spacial score (nSPS) is 21.2. The summed E-state index contributed by atoms with van der Waals surface area (Å²) in [5.74, 6) is 2.10. The van der Waals surface area contributed by atoms with Crippen LogP contribution in [0.2, 0.25) is 0 Å². The maximum absolute atomic E-state index is 4.54. The lowest BCUT2D eigenvalue weighted by molar-refractivity contribution is 0.380. The van der Waals surface area contributed by atoms with Crippen molar-refractivity contribution < 1.29 is 0 Å². The Morgan fingerprint density at radius 1 is 1.44 bits per heavy atom. The number of rotatable bonds is 4. The van der Waals surface area contributed by atoms with Gasteiger partial charge >= 0.3 is 0 Å². The van der Waals surface area contributed by atoms with E-state index in [-0.39, 0.29) is 0 Å². The molecule has 1 aliphatic heterocycles. The summed E-state index contributed by atoms with van der Waals surface area (Å²) in [6.45, 7) is 3.30. The molecule has 0 radical (unpaired) electrons. The van der Waals surface area contributed by atoms with E-state index in [2.05, 4.69) is 22.3 Å². The SMILES string of the molecule is CCc1nc(CCC2CCCCN2)nn1C. The molecule has 0 saturated carbocycles. The zero-order chi connectivity index (χ0) is 11.4. The quantitative estimate of drug-likeness (QED) is 0.838. The first-order valence-electron chi connectivity index (χ1n) is 6.41. The molecule has 0 amide bonds. The highest BCUT2D eigenvalue weighted by molar-refractivity contribution is 4.93. The van der Waals surface area contributed by atoms with Gasteiger partial charge in [0.1, 0.15) is 5.82 Å². The molecule has 2 rings (SSSR count). The molecule has 16 heavy (non-hydrogen) atoms. The summed E-state index contributed by atoms with van der Waals surface area (Å²) in [6.07, 6.45) is 7.16. The average Bonchev–Trinajstić information content (AvgIpc) is 2.69. The number of hydrogen-bond donors (Lipinski definition) is 1. The second-order valence-electron chi connectivity index (χ2n) is 4.61. The fourth-order valence-electron chi connectivity index (χ4n) is 2.36. The molecule has 0 bridgehead atoms. The topological polar surface area (TPSA) is 42.7 Å². The molecule has 1 aromatic rings. The van der Waals surface area contributed by atoms with Gasteiger partial charge in [0.2, 0.25) is 0 Å². The molecule has 4 nitrogen and oxygen atoms in total. The van der Waals surface area contributed by atoms with Gasteiger partial charge in [0.05, 0.1) is 0 Å². The summed E-state index contributed by atoms with van der Waals surface area (Å²) in [7, 11) is 1.98. The van der Waals surface area contributed by atoms with Crippen LogP contribution in [0.5, 0.6) is 0 Å². The Hall–Kier alpha value is -0.900. The van der Waals surface area contributed by atoms with E-state index in [1.54, 1.807) is 0 Å². The van der Waals surface area contributed by atoms with Crippen molar-refractivity contribution in [2.75, 3.05) is 6.54 Å². The van der Waals surface area contributed by atoms with Gasteiger partial charge in [0.25, 0.3) is 0 Å². The maximum Gasteiger partial charge on any atom is 0.151 e. The van der Waals surface area contributed by atoms with Gasteiger partial charge in [-0.3, -0.25) is 4.68 Å². The number of nitrogens with one attached hydrogen (secondary N) is 1. The lowest BCUT2D eigenvalue weighted by Crippen LogP contribution is -2.34. The van der Waals surface area contributed by atoms with Gasteiger partial charge in [0.15, 0.2) is 5.82 Å². The molecule has 4 heteroatoms. The summed E-state index contributed by atoms with van der Waals surface area (Å²) in [6, 6.07) is 0.683. The van der Waals surface area contributed by atoms with Crippen LogP contribution in [0.4, 0.5) is 0 Å². The first-order chi connectivity index (χ1) is 7.79. The van der Waals surface area contributed by atoms with Crippen LogP contribution in [-0.4, -0.2) is 27.4 Å². The van der Waals surface area contributed by atoms with Crippen molar-refractivity contribution >= 4 is 0 Å². The third-order valence-electron chi connectivity index (χ3n) is 3.34. The molecule has 1 aliphatic rings. The van der Waals surface area contributed by atoms with E-state index in [0.29, 0.717) is 6.04 Å². The molecule has 0 aliphatic carbocycles. The standard InChI is InChI=1S/C12H22N4/c1-3-12-14-11(15-16(12)2)8-7-10-6-4-5-9-13-10/h10,13H,3-9H2,1-2H3. The molecular formula is C12H22N4. The minimum atomic E-state index is 0.683. The van der Waals surface area contributed by atoms with Crippen LogP contribution in [0.3, 0.4) is 0 Å². The third kappa shape index (κ3) is 2.82. The lowest BCUT2D eigenvalue weighted by Gasteiger charge is -2.22. The van der Waals surface area contributed by atoms with Crippen molar-refractivity contribution in [1.82, 2.24) is 20.1 Å². The van der Waals surface area contributed by atoms with E-state index in [9.17, 15) is 0 Å². The van der Waals surface area contributed by atoms with E-state index in [1.807, 2.05) is 11.7 Å². The van der Waals surface area contributed by atoms with Crippen LogP contribution in [0.25, 0.3) is 0 Å². The number of piperidine rings is 1. The zero-order valence-electron chi connectivity index (χ0n) is 10.4. The number of nitrogens with zero attached hydrogens (tertiary/aromatic N) is 3. The van der Waals surface area contributed by atoms with Crippen molar-refractivity contribution in [3.63, 3.8) is 0 Å². The van der Waals surface area contributed by atoms with Gasteiger partial charge in [-0.1, -0.05) is 13.3 Å². The third-order valence-corrected chi connectivity index (χ3v) is 3.34. The molecule has 1 N–H and O–H groups in total. The molecule has 1 atom stereocenters. The largest absolute Gasteiger partial charge is 0.314 e. The van der Waals surface area contributed by atoms with Crippen LogP contribution >= 0.6 is 0 Å². The number of aromatic nitrogens is 3. The molecule has 1 fully saturated rings. The molecule has 0 aromatic carbocycles. The van der Waals surface area contributed by atoms with E-state index in [4.69, 9.17) is 0 Å². The fraction of sp³-hybridized carbons (Fsp3) is 0.833. The van der Waals surface area contributed by atoms with Gasteiger partial charge in [-0.05, 0) is 25.8 Å². The monoisotopic (exact) mass is 222 g/mol. The molecule has 90 valence electrons. The van der Waals surface area contributed by atoms with Crippen LogP contribution < -0.4 is 5.32 Å². The highest BCUT2D eigenvalue weighted by Crippen LogP contribution is 2.12. The first kappa shape index (κ1) is 11.6.